The standard InChI is InChI=1S/C13H16N2O/c1-3-11-12(10-8-6-5-7-9-10)13(16)15(4-2)14-11/h5-9,14H,3-4H2,1-2H3. The number of nitrogens with zero attached hydrogens (tertiary/aromatic N) is 1. The Morgan fingerprint density at radius 3 is 2.44 bits per heavy atom. The molecular weight excluding hydrogens is 200 g/mol. The third kappa shape index (κ3) is 1.69. The van der Waals surface area contributed by atoms with E-state index in [4.69, 9.17) is 0 Å². The van der Waals surface area contributed by atoms with Crippen LogP contribution in [0.15, 0.2) is 35.1 Å². The Balaban J connectivity index is 2.64. The molecule has 1 aromatic heterocycles. The summed E-state index contributed by atoms with van der Waals surface area (Å²) in [4.78, 5) is 12.1. The van der Waals surface area contributed by atoms with Gasteiger partial charge in [-0.15, -0.1) is 0 Å². The molecule has 0 aliphatic rings. The molecule has 1 heterocycles. The summed E-state index contributed by atoms with van der Waals surface area (Å²) in [7, 11) is 0. The van der Waals surface area contributed by atoms with Gasteiger partial charge in [-0.05, 0) is 18.9 Å². The molecule has 0 bridgehead atoms. The van der Waals surface area contributed by atoms with E-state index in [0.717, 1.165) is 23.2 Å². The summed E-state index contributed by atoms with van der Waals surface area (Å²) in [5.41, 5.74) is 2.89. The molecule has 0 aliphatic heterocycles. The zero-order valence-corrected chi connectivity index (χ0v) is 9.66. The third-order valence-corrected chi connectivity index (χ3v) is 2.76. The second-order valence-electron chi connectivity index (χ2n) is 3.73. The number of hydrogen-bond donors (Lipinski definition) is 1. The average molecular weight is 216 g/mol. The van der Waals surface area contributed by atoms with Gasteiger partial charge in [0.05, 0.1) is 5.56 Å². The van der Waals surface area contributed by atoms with Crippen LogP contribution >= 0.6 is 0 Å². The van der Waals surface area contributed by atoms with Gasteiger partial charge in [0.15, 0.2) is 0 Å². The first-order chi connectivity index (χ1) is 7.77. The van der Waals surface area contributed by atoms with Crippen molar-refractivity contribution >= 4 is 0 Å². The minimum Gasteiger partial charge on any atom is -0.299 e. The fraction of sp³-hybridized carbons (Fsp3) is 0.308. The smallest absolute Gasteiger partial charge is 0.274 e. The van der Waals surface area contributed by atoms with Crippen molar-refractivity contribution in [1.29, 1.82) is 0 Å². The molecule has 3 nitrogen and oxygen atoms in total. The highest BCUT2D eigenvalue weighted by atomic mass is 16.1. The van der Waals surface area contributed by atoms with Gasteiger partial charge in [-0.25, -0.2) is 0 Å². The van der Waals surface area contributed by atoms with Crippen LogP contribution in [0.5, 0.6) is 0 Å². The van der Waals surface area contributed by atoms with E-state index in [9.17, 15) is 4.79 Å². The van der Waals surface area contributed by atoms with Gasteiger partial charge in [0.25, 0.3) is 5.56 Å². The van der Waals surface area contributed by atoms with E-state index in [2.05, 4.69) is 12.0 Å². The molecule has 84 valence electrons. The molecular formula is C13H16N2O. The van der Waals surface area contributed by atoms with Crippen molar-refractivity contribution < 1.29 is 0 Å². The summed E-state index contributed by atoms with van der Waals surface area (Å²) in [6.45, 7) is 4.70. The zero-order chi connectivity index (χ0) is 11.5. The van der Waals surface area contributed by atoms with Crippen molar-refractivity contribution in [3.63, 3.8) is 0 Å². The van der Waals surface area contributed by atoms with Crippen molar-refractivity contribution in [3.8, 4) is 11.1 Å². The Kier molecular flexibility index (Phi) is 2.95. The highest BCUT2D eigenvalue weighted by Gasteiger charge is 2.13. The van der Waals surface area contributed by atoms with Crippen LogP contribution in [0.1, 0.15) is 19.5 Å². The number of nitrogens with one attached hydrogen (secondary N) is 1. The normalized spacial score (nSPS) is 10.6. The number of aryl methyl sites for hydroxylation is 2. The predicted molar refractivity (Wildman–Crippen MR) is 65.5 cm³/mol. The molecule has 0 spiro atoms. The maximum atomic E-state index is 12.1. The predicted octanol–water partition coefficient (Wildman–Crippen LogP) is 2.43. The molecule has 0 saturated carbocycles. The van der Waals surface area contributed by atoms with E-state index in [1.165, 1.54) is 0 Å². The van der Waals surface area contributed by atoms with Crippen LogP contribution < -0.4 is 5.56 Å². The monoisotopic (exact) mass is 216 g/mol. The number of aromatic nitrogens is 2. The first-order valence-electron chi connectivity index (χ1n) is 5.65. The Bertz CT molecular complexity index is 523. The van der Waals surface area contributed by atoms with Crippen molar-refractivity contribution in [2.75, 3.05) is 0 Å². The van der Waals surface area contributed by atoms with E-state index >= 15 is 0 Å². The summed E-state index contributed by atoms with van der Waals surface area (Å²) in [6, 6.07) is 9.82. The Morgan fingerprint density at radius 2 is 1.88 bits per heavy atom. The van der Waals surface area contributed by atoms with Gasteiger partial charge >= 0.3 is 0 Å². The van der Waals surface area contributed by atoms with Crippen molar-refractivity contribution in [1.82, 2.24) is 9.78 Å². The van der Waals surface area contributed by atoms with Gasteiger partial charge in [-0.1, -0.05) is 37.3 Å². The first kappa shape index (κ1) is 10.7. The SMILES string of the molecule is CCc1[nH]n(CC)c(=O)c1-c1ccccc1. The summed E-state index contributed by atoms with van der Waals surface area (Å²) in [5.74, 6) is 0. The van der Waals surface area contributed by atoms with Gasteiger partial charge in [0.2, 0.25) is 0 Å². The highest BCUT2D eigenvalue weighted by Crippen LogP contribution is 2.18. The van der Waals surface area contributed by atoms with Gasteiger partial charge in [0.1, 0.15) is 0 Å². The van der Waals surface area contributed by atoms with Crippen LogP contribution in [0, 0.1) is 0 Å². The molecule has 2 rings (SSSR count). The van der Waals surface area contributed by atoms with E-state index in [-0.39, 0.29) is 5.56 Å². The van der Waals surface area contributed by atoms with E-state index in [0.29, 0.717) is 6.54 Å². The molecule has 0 saturated heterocycles. The van der Waals surface area contributed by atoms with Crippen LogP contribution in [0.4, 0.5) is 0 Å². The third-order valence-electron chi connectivity index (χ3n) is 2.76. The van der Waals surface area contributed by atoms with Gasteiger partial charge in [-0.2, -0.15) is 0 Å². The maximum Gasteiger partial charge on any atom is 0.274 e. The van der Waals surface area contributed by atoms with Gasteiger partial charge < -0.3 is 0 Å². The van der Waals surface area contributed by atoms with E-state index in [1.54, 1.807) is 4.68 Å². The Hall–Kier alpha value is -1.77. The average Bonchev–Trinajstić information content (AvgIpc) is 2.66. The Morgan fingerprint density at radius 1 is 1.19 bits per heavy atom. The Labute approximate surface area is 94.7 Å². The van der Waals surface area contributed by atoms with Crippen molar-refractivity contribution in [2.45, 2.75) is 26.8 Å². The molecule has 16 heavy (non-hydrogen) atoms. The number of aromatic amines is 1. The lowest BCUT2D eigenvalue weighted by molar-refractivity contribution is 0.629. The summed E-state index contributed by atoms with van der Waals surface area (Å²) < 4.78 is 1.65. The van der Waals surface area contributed by atoms with E-state index < -0.39 is 0 Å². The number of H-pyrrole nitrogens is 1. The molecule has 2 aromatic rings. The fourth-order valence-corrected chi connectivity index (χ4v) is 1.91. The number of rotatable bonds is 3. The minimum atomic E-state index is 0.0746. The summed E-state index contributed by atoms with van der Waals surface area (Å²) in [6.07, 6.45) is 0.840. The molecule has 1 aromatic carbocycles. The number of benzene rings is 1. The topological polar surface area (TPSA) is 37.8 Å². The number of hydrogen-bond acceptors (Lipinski definition) is 1. The molecule has 1 N–H and O–H groups in total. The molecule has 0 radical (unpaired) electrons. The van der Waals surface area contributed by atoms with Gasteiger partial charge in [0, 0.05) is 12.2 Å². The highest BCUT2D eigenvalue weighted by molar-refractivity contribution is 5.65. The quantitative estimate of drug-likeness (QED) is 0.840. The molecule has 0 unspecified atom stereocenters. The van der Waals surface area contributed by atoms with Gasteiger partial charge in [-0.3, -0.25) is 14.6 Å². The second kappa shape index (κ2) is 4.39. The van der Waals surface area contributed by atoms with Crippen LogP contribution in [-0.2, 0) is 13.0 Å². The first-order valence-corrected chi connectivity index (χ1v) is 5.65. The summed E-state index contributed by atoms with van der Waals surface area (Å²) in [5, 5.41) is 3.15. The molecule has 0 atom stereocenters. The van der Waals surface area contributed by atoms with Crippen molar-refractivity contribution in [2.24, 2.45) is 0 Å². The maximum absolute atomic E-state index is 12.1. The van der Waals surface area contributed by atoms with Crippen LogP contribution in [0.25, 0.3) is 11.1 Å². The summed E-state index contributed by atoms with van der Waals surface area (Å²) >= 11 is 0. The van der Waals surface area contributed by atoms with E-state index in [1.807, 2.05) is 37.3 Å². The lowest BCUT2D eigenvalue weighted by Crippen LogP contribution is -2.16. The fourth-order valence-electron chi connectivity index (χ4n) is 1.91. The molecule has 0 aliphatic carbocycles. The lowest BCUT2D eigenvalue weighted by Gasteiger charge is -1.98. The lowest BCUT2D eigenvalue weighted by atomic mass is 10.1. The molecule has 0 amide bonds. The molecule has 0 fully saturated rings. The van der Waals surface area contributed by atoms with Crippen LogP contribution in [0.2, 0.25) is 0 Å². The van der Waals surface area contributed by atoms with Crippen LogP contribution in [0.3, 0.4) is 0 Å². The zero-order valence-electron chi connectivity index (χ0n) is 9.66. The van der Waals surface area contributed by atoms with Crippen molar-refractivity contribution in [3.05, 3.63) is 46.4 Å². The minimum absolute atomic E-state index is 0.0746. The molecule has 3 heteroatoms. The largest absolute Gasteiger partial charge is 0.299 e. The van der Waals surface area contributed by atoms with Crippen LogP contribution in [-0.4, -0.2) is 9.78 Å². The second-order valence-corrected chi connectivity index (χ2v) is 3.73.